The Hall–Kier alpha value is -0.602. The molecule has 0 spiro atoms. The average molecular weight is 334 g/mol. The molecule has 0 radical (unpaired) electrons. The molecule has 4 atom stereocenters. The molecule has 1 aromatic heterocycles. The minimum atomic E-state index is -0.146. The van der Waals surface area contributed by atoms with Gasteiger partial charge in [0.25, 0.3) is 0 Å². The van der Waals surface area contributed by atoms with Crippen molar-refractivity contribution in [1.82, 2.24) is 15.3 Å². The van der Waals surface area contributed by atoms with E-state index in [1.54, 1.807) is 0 Å². The molecule has 2 bridgehead atoms. The number of hydrogen-bond donors (Lipinski definition) is 1. The van der Waals surface area contributed by atoms with Crippen molar-refractivity contribution in [3.05, 3.63) is 12.3 Å². The van der Waals surface area contributed by atoms with Crippen LogP contribution in [0.5, 0.6) is 0 Å². The third kappa shape index (κ3) is 2.60. The van der Waals surface area contributed by atoms with Gasteiger partial charge in [-0.15, -0.1) is 0 Å². The first-order valence-electron chi connectivity index (χ1n) is 7.94. The van der Waals surface area contributed by atoms with Crippen LogP contribution in [0.1, 0.15) is 25.7 Å². The van der Waals surface area contributed by atoms with Crippen LogP contribution >= 0.6 is 0 Å². The summed E-state index contributed by atoms with van der Waals surface area (Å²) in [6.45, 7) is 4.29. The average Bonchev–Trinajstić information content (AvgIpc) is 3.11. The minimum absolute atomic E-state index is 0.146. The summed E-state index contributed by atoms with van der Waals surface area (Å²) in [5.41, 5.74) is 0. The molecule has 2 saturated carbocycles. The van der Waals surface area contributed by atoms with Gasteiger partial charge in [-0.2, -0.15) is 0 Å². The Morgan fingerprint density at radius 3 is 2.85 bits per heavy atom. The quantitative estimate of drug-likeness (QED) is 0.820. The van der Waals surface area contributed by atoms with Gasteiger partial charge in [-0.3, -0.25) is 0 Å². The first kappa shape index (κ1) is 13.1. The molecule has 1 aromatic rings. The van der Waals surface area contributed by atoms with Crippen molar-refractivity contribution in [2.24, 2.45) is 11.8 Å². The molecule has 5 heteroatoms. The van der Waals surface area contributed by atoms with Gasteiger partial charge in [0.15, 0.2) is 0 Å². The van der Waals surface area contributed by atoms with Crippen molar-refractivity contribution in [2.45, 2.75) is 30.4 Å². The Bertz CT molecular complexity index is 475. The van der Waals surface area contributed by atoms with Crippen LogP contribution < -0.4 is 14.8 Å². The van der Waals surface area contributed by atoms with E-state index in [0.717, 1.165) is 48.5 Å². The maximum atomic E-state index is 4.89. The van der Waals surface area contributed by atoms with Crippen molar-refractivity contribution in [3.63, 3.8) is 0 Å². The Morgan fingerprint density at radius 2 is 2.10 bits per heavy atom. The predicted molar refractivity (Wildman–Crippen MR) is 83.1 cm³/mol. The van der Waals surface area contributed by atoms with E-state index >= 15 is 0 Å². The van der Waals surface area contributed by atoms with Crippen molar-refractivity contribution in [1.29, 1.82) is 0 Å². The van der Waals surface area contributed by atoms with Gasteiger partial charge in [-0.25, -0.2) is 0 Å². The molecule has 1 N–H and O–H groups in total. The number of hydrogen-bond acceptors (Lipinski definition) is 4. The van der Waals surface area contributed by atoms with Gasteiger partial charge in [0.05, 0.1) is 0 Å². The van der Waals surface area contributed by atoms with E-state index in [-0.39, 0.29) is 15.8 Å². The zero-order valence-electron chi connectivity index (χ0n) is 11.9. The van der Waals surface area contributed by atoms with Crippen LogP contribution in [0.25, 0.3) is 0 Å². The molecular formula is C15H23AsN4. The Kier molecular flexibility index (Phi) is 3.70. The fraction of sp³-hybridized carbons (Fsp3) is 0.733. The first-order chi connectivity index (χ1) is 9.88. The Morgan fingerprint density at radius 1 is 1.20 bits per heavy atom. The second kappa shape index (κ2) is 5.65. The van der Waals surface area contributed by atoms with E-state index in [1.807, 2.05) is 6.20 Å². The summed E-state index contributed by atoms with van der Waals surface area (Å²) in [5, 5.41) is 3.40. The Balaban J connectivity index is 1.45. The fourth-order valence-corrected chi connectivity index (χ4v) is 7.54. The van der Waals surface area contributed by atoms with Crippen LogP contribution in [0, 0.1) is 11.8 Å². The van der Waals surface area contributed by atoms with Crippen LogP contribution in [0.4, 0.5) is 5.82 Å². The van der Waals surface area contributed by atoms with Crippen molar-refractivity contribution >= 4 is 26.2 Å². The van der Waals surface area contributed by atoms with E-state index in [2.05, 4.69) is 21.3 Å². The summed E-state index contributed by atoms with van der Waals surface area (Å²) in [7, 11) is 0. The number of aromatic nitrogens is 2. The van der Waals surface area contributed by atoms with E-state index in [0.29, 0.717) is 0 Å². The molecule has 2 aliphatic carbocycles. The molecule has 20 heavy (non-hydrogen) atoms. The summed E-state index contributed by atoms with van der Waals surface area (Å²) in [5.74, 6) is 3.22. The van der Waals surface area contributed by atoms with Gasteiger partial charge in [0, 0.05) is 0 Å². The summed E-state index contributed by atoms with van der Waals surface area (Å²) in [4.78, 5) is 11.9. The molecular weight excluding hydrogens is 311 g/mol. The molecule has 1 saturated heterocycles. The van der Waals surface area contributed by atoms with Gasteiger partial charge >= 0.3 is 127 Å². The second-order valence-electron chi connectivity index (χ2n) is 6.40. The van der Waals surface area contributed by atoms with E-state index in [1.165, 1.54) is 30.3 Å². The van der Waals surface area contributed by atoms with Crippen molar-refractivity contribution in [3.8, 4) is 0 Å². The molecule has 4 nitrogen and oxygen atoms in total. The normalized spacial score (nSPS) is 33.4. The molecule has 4 unspecified atom stereocenters. The van der Waals surface area contributed by atoms with E-state index in [4.69, 9.17) is 4.98 Å². The maximum absolute atomic E-state index is 4.89. The van der Waals surface area contributed by atoms with Crippen LogP contribution in [-0.4, -0.2) is 51.9 Å². The first-order valence-corrected chi connectivity index (χ1v) is 10.2. The van der Waals surface area contributed by atoms with Crippen LogP contribution in [-0.2, 0) is 0 Å². The number of fused-ring (bicyclic) bond motifs is 2. The molecule has 3 fully saturated rings. The van der Waals surface area contributed by atoms with Gasteiger partial charge in [0.1, 0.15) is 0 Å². The Labute approximate surface area is 127 Å². The molecule has 1 aliphatic heterocycles. The van der Waals surface area contributed by atoms with Gasteiger partial charge in [-0.1, -0.05) is 0 Å². The van der Waals surface area contributed by atoms with Crippen LogP contribution in [0.2, 0.25) is 4.71 Å². The van der Waals surface area contributed by atoms with Crippen LogP contribution in [0.3, 0.4) is 0 Å². The summed E-state index contributed by atoms with van der Waals surface area (Å²) in [6, 6.07) is 2.09. The zero-order valence-corrected chi connectivity index (χ0v) is 14.0. The van der Waals surface area contributed by atoms with E-state index < -0.39 is 0 Å². The topological polar surface area (TPSA) is 41.0 Å². The van der Waals surface area contributed by atoms with Crippen molar-refractivity contribution < 1.29 is 0 Å². The zero-order chi connectivity index (χ0) is 13.4. The molecule has 108 valence electrons. The molecule has 2 heterocycles. The van der Waals surface area contributed by atoms with E-state index in [9.17, 15) is 0 Å². The fourth-order valence-electron chi connectivity index (χ4n) is 4.08. The van der Waals surface area contributed by atoms with Gasteiger partial charge in [-0.05, 0) is 0 Å². The SMILES string of the molecule is c1cc(N2CCNCC2)nc([AsH]C2CC3CCC2C3)n1. The predicted octanol–water partition coefficient (Wildman–Crippen LogP) is 0.556. The summed E-state index contributed by atoms with van der Waals surface area (Å²) >= 11 is -0.146. The standard InChI is InChI=1S/C15H23AsN4/c1-2-12-9-11(1)10-13(12)16-15-18-4-3-14(19-15)20-7-5-17-6-8-20/h3-4,11-13,16-17H,1-2,5-10H2. The number of rotatable bonds is 3. The number of nitrogens with one attached hydrogen (secondary N) is 1. The number of piperazine rings is 1. The molecule has 4 rings (SSSR count). The van der Waals surface area contributed by atoms with Gasteiger partial charge in [0.2, 0.25) is 0 Å². The molecule has 3 aliphatic rings. The third-order valence-electron chi connectivity index (χ3n) is 5.13. The molecule has 0 aromatic carbocycles. The number of nitrogens with zero attached hydrogens (tertiary/aromatic N) is 3. The summed E-state index contributed by atoms with van der Waals surface area (Å²) in [6.07, 6.45) is 7.94. The van der Waals surface area contributed by atoms with Crippen LogP contribution in [0.15, 0.2) is 12.3 Å². The van der Waals surface area contributed by atoms with Gasteiger partial charge < -0.3 is 0 Å². The monoisotopic (exact) mass is 334 g/mol. The summed E-state index contributed by atoms with van der Waals surface area (Å²) < 4.78 is 2.17. The second-order valence-corrected chi connectivity index (χ2v) is 9.50. The van der Waals surface area contributed by atoms with Crippen molar-refractivity contribution in [2.75, 3.05) is 31.1 Å². The third-order valence-corrected chi connectivity index (χ3v) is 8.44. The number of anilines is 1. The molecule has 0 amide bonds.